The number of methoxy groups -OCH3 is 1. The molecule has 3 rings (SSSR count). The van der Waals surface area contributed by atoms with Crippen LogP contribution in [-0.2, 0) is 0 Å². The van der Waals surface area contributed by atoms with Gasteiger partial charge in [-0.15, -0.1) is 0 Å². The van der Waals surface area contributed by atoms with Crippen LogP contribution >= 0.6 is 11.8 Å². The molecule has 1 aliphatic rings. The molecule has 0 N–H and O–H groups in total. The molecule has 0 atom stereocenters. The van der Waals surface area contributed by atoms with E-state index in [0.29, 0.717) is 5.56 Å². The lowest BCUT2D eigenvalue weighted by molar-refractivity contribution is 0.0771. The van der Waals surface area contributed by atoms with E-state index in [9.17, 15) is 4.79 Å². The monoisotopic (exact) mass is 302 g/mol. The molecule has 21 heavy (non-hydrogen) atoms. The predicted molar refractivity (Wildman–Crippen MR) is 86.3 cm³/mol. The number of pyridine rings is 1. The molecule has 0 aliphatic carbocycles. The highest BCUT2D eigenvalue weighted by molar-refractivity contribution is 7.99. The number of fused-ring (bicyclic) bond motifs is 1. The van der Waals surface area contributed by atoms with E-state index in [1.54, 1.807) is 7.11 Å². The average molecular weight is 302 g/mol. The molecule has 1 aliphatic heterocycles. The van der Waals surface area contributed by atoms with Gasteiger partial charge in [0.2, 0.25) is 0 Å². The largest absolute Gasteiger partial charge is 0.497 e. The van der Waals surface area contributed by atoms with Crippen molar-refractivity contribution in [1.82, 2.24) is 9.88 Å². The van der Waals surface area contributed by atoms with Gasteiger partial charge in [0.15, 0.2) is 0 Å². The Labute approximate surface area is 128 Å². The molecule has 0 radical (unpaired) electrons. The van der Waals surface area contributed by atoms with E-state index in [-0.39, 0.29) is 5.91 Å². The number of amides is 1. The number of thioether (sulfide) groups is 1. The van der Waals surface area contributed by atoms with E-state index in [1.165, 1.54) is 0 Å². The summed E-state index contributed by atoms with van der Waals surface area (Å²) in [5.74, 6) is 2.89. The van der Waals surface area contributed by atoms with E-state index in [0.717, 1.165) is 46.9 Å². The number of benzene rings is 1. The van der Waals surface area contributed by atoms with Crippen LogP contribution in [0.4, 0.5) is 0 Å². The molecule has 4 nitrogen and oxygen atoms in total. The van der Waals surface area contributed by atoms with Gasteiger partial charge in [0, 0.05) is 30.0 Å². The van der Waals surface area contributed by atoms with Crippen molar-refractivity contribution in [3.05, 3.63) is 35.5 Å². The third kappa shape index (κ3) is 2.83. The molecule has 0 saturated carbocycles. The van der Waals surface area contributed by atoms with Crippen molar-refractivity contribution in [1.29, 1.82) is 0 Å². The Morgan fingerprint density at radius 2 is 2.05 bits per heavy atom. The number of nitrogens with zero attached hydrogens (tertiary/aromatic N) is 2. The lowest BCUT2D eigenvalue weighted by Crippen LogP contribution is -2.38. The minimum Gasteiger partial charge on any atom is -0.497 e. The van der Waals surface area contributed by atoms with Crippen molar-refractivity contribution in [3.63, 3.8) is 0 Å². The first-order chi connectivity index (χ1) is 10.2. The van der Waals surface area contributed by atoms with Gasteiger partial charge in [-0.3, -0.25) is 9.78 Å². The minimum absolute atomic E-state index is 0.0880. The summed E-state index contributed by atoms with van der Waals surface area (Å²) in [6, 6.07) is 7.67. The molecule has 1 saturated heterocycles. The van der Waals surface area contributed by atoms with Crippen LogP contribution in [0, 0.1) is 6.92 Å². The van der Waals surface area contributed by atoms with Crippen LogP contribution in [0.2, 0.25) is 0 Å². The maximum atomic E-state index is 12.7. The summed E-state index contributed by atoms with van der Waals surface area (Å²) in [6.45, 7) is 3.54. The highest BCUT2D eigenvalue weighted by Gasteiger charge is 2.21. The summed E-state index contributed by atoms with van der Waals surface area (Å²) < 4.78 is 5.24. The zero-order valence-electron chi connectivity index (χ0n) is 12.3. The predicted octanol–water partition coefficient (Wildman–Crippen LogP) is 2.74. The Morgan fingerprint density at radius 3 is 2.76 bits per heavy atom. The average Bonchev–Trinajstić information content (AvgIpc) is 2.54. The topological polar surface area (TPSA) is 42.4 Å². The second kappa shape index (κ2) is 5.93. The Kier molecular flexibility index (Phi) is 4.01. The third-order valence-electron chi connectivity index (χ3n) is 3.74. The van der Waals surface area contributed by atoms with Crippen molar-refractivity contribution < 1.29 is 9.53 Å². The van der Waals surface area contributed by atoms with E-state index >= 15 is 0 Å². The molecule has 1 fully saturated rings. The number of ether oxygens (including phenoxy) is 1. The second-order valence-corrected chi connectivity index (χ2v) is 6.31. The Hall–Kier alpha value is -1.75. The summed E-state index contributed by atoms with van der Waals surface area (Å²) in [5.41, 5.74) is 2.37. The van der Waals surface area contributed by atoms with Gasteiger partial charge in [-0.05, 0) is 31.2 Å². The molecule has 110 valence electrons. The number of hydrogen-bond donors (Lipinski definition) is 0. The van der Waals surface area contributed by atoms with Crippen LogP contribution in [0.25, 0.3) is 10.9 Å². The molecule has 1 amide bonds. The fourth-order valence-corrected chi connectivity index (χ4v) is 3.43. The van der Waals surface area contributed by atoms with Crippen molar-refractivity contribution >= 4 is 28.6 Å². The third-order valence-corrected chi connectivity index (χ3v) is 4.68. The van der Waals surface area contributed by atoms with Gasteiger partial charge in [-0.2, -0.15) is 11.8 Å². The Morgan fingerprint density at radius 1 is 1.29 bits per heavy atom. The summed E-state index contributed by atoms with van der Waals surface area (Å²) in [4.78, 5) is 19.1. The summed E-state index contributed by atoms with van der Waals surface area (Å²) in [6.07, 6.45) is 0. The van der Waals surface area contributed by atoms with Crippen LogP contribution in [0.15, 0.2) is 24.3 Å². The van der Waals surface area contributed by atoms with Gasteiger partial charge >= 0.3 is 0 Å². The van der Waals surface area contributed by atoms with Crippen LogP contribution in [0.3, 0.4) is 0 Å². The maximum absolute atomic E-state index is 12.7. The number of carbonyl (C=O) groups excluding carboxylic acids is 1. The fraction of sp³-hybridized carbons (Fsp3) is 0.375. The summed E-state index contributed by atoms with van der Waals surface area (Å²) in [5, 5.41) is 0.940. The van der Waals surface area contributed by atoms with E-state index in [2.05, 4.69) is 4.98 Å². The first-order valence-corrected chi connectivity index (χ1v) is 8.17. The van der Waals surface area contributed by atoms with Crippen LogP contribution < -0.4 is 4.74 Å². The lowest BCUT2D eigenvalue weighted by atomic mass is 10.1. The highest BCUT2D eigenvalue weighted by atomic mass is 32.2. The van der Waals surface area contributed by atoms with Gasteiger partial charge in [0.25, 0.3) is 5.91 Å². The van der Waals surface area contributed by atoms with Crippen LogP contribution in [0.5, 0.6) is 5.75 Å². The zero-order valence-corrected chi connectivity index (χ0v) is 13.1. The van der Waals surface area contributed by atoms with E-state index in [4.69, 9.17) is 4.74 Å². The molecule has 2 heterocycles. The van der Waals surface area contributed by atoms with Crippen molar-refractivity contribution in [2.75, 3.05) is 31.7 Å². The zero-order chi connectivity index (χ0) is 14.8. The molecule has 1 aromatic carbocycles. The van der Waals surface area contributed by atoms with Crippen molar-refractivity contribution in [2.24, 2.45) is 0 Å². The quantitative estimate of drug-likeness (QED) is 0.855. The molecule has 1 aromatic heterocycles. The SMILES string of the molecule is COc1ccc2nc(C)c(C(=O)N3CCSCC3)cc2c1. The lowest BCUT2D eigenvalue weighted by Gasteiger charge is -2.27. The molecule has 2 aromatic rings. The molecule has 5 heteroatoms. The van der Waals surface area contributed by atoms with E-state index < -0.39 is 0 Å². The number of hydrogen-bond acceptors (Lipinski definition) is 4. The van der Waals surface area contributed by atoms with Gasteiger partial charge in [0.1, 0.15) is 5.75 Å². The molecule has 0 unspecified atom stereocenters. The molecule has 0 bridgehead atoms. The Balaban J connectivity index is 2.00. The van der Waals surface area contributed by atoms with Gasteiger partial charge in [-0.25, -0.2) is 0 Å². The first kappa shape index (κ1) is 14.2. The van der Waals surface area contributed by atoms with Gasteiger partial charge < -0.3 is 9.64 Å². The van der Waals surface area contributed by atoms with Crippen molar-refractivity contribution in [3.8, 4) is 5.75 Å². The van der Waals surface area contributed by atoms with Crippen LogP contribution in [-0.4, -0.2) is 47.5 Å². The second-order valence-electron chi connectivity index (χ2n) is 5.08. The molecular weight excluding hydrogens is 284 g/mol. The van der Waals surface area contributed by atoms with Crippen molar-refractivity contribution in [2.45, 2.75) is 6.92 Å². The normalized spacial score (nSPS) is 15.2. The number of carbonyl (C=O) groups is 1. The summed E-state index contributed by atoms with van der Waals surface area (Å²) in [7, 11) is 1.64. The first-order valence-electron chi connectivity index (χ1n) is 7.01. The van der Waals surface area contributed by atoms with Gasteiger partial charge in [-0.1, -0.05) is 0 Å². The smallest absolute Gasteiger partial charge is 0.255 e. The van der Waals surface area contributed by atoms with Gasteiger partial charge in [0.05, 0.1) is 23.9 Å². The maximum Gasteiger partial charge on any atom is 0.255 e. The minimum atomic E-state index is 0.0880. The summed E-state index contributed by atoms with van der Waals surface area (Å²) >= 11 is 1.90. The van der Waals surface area contributed by atoms with Crippen LogP contribution in [0.1, 0.15) is 16.1 Å². The number of aryl methyl sites for hydroxylation is 1. The van der Waals surface area contributed by atoms with E-state index in [1.807, 2.05) is 47.9 Å². The Bertz CT molecular complexity index is 681. The fourth-order valence-electron chi connectivity index (χ4n) is 2.53. The molecular formula is C16H18N2O2S. The molecule has 0 spiro atoms. The highest BCUT2D eigenvalue weighted by Crippen LogP contribution is 2.23. The number of rotatable bonds is 2. The number of aromatic nitrogens is 1. The standard InChI is InChI=1S/C16H18N2O2S/c1-11-14(16(19)18-5-7-21-8-6-18)10-12-9-13(20-2)3-4-15(12)17-11/h3-4,9-10H,5-8H2,1-2H3.